The van der Waals surface area contributed by atoms with Crippen molar-refractivity contribution in [3.05, 3.63) is 0 Å². The second-order valence-electron chi connectivity index (χ2n) is 6.32. The van der Waals surface area contributed by atoms with E-state index in [4.69, 9.17) is 14.0 Å². The summed E-state index contributed by atoms with van der Waals surface area (Å²) in [5.41, 5.74) is 0. The Bertz CT molecular complexity index is 217. The standard InChI is InChI=1S/C12H30O4Si2/c1-17(2,3)16-18(4,5)10-6-9-15-11-12(14)7-8-13/h12-14H,6-11H2,1-5H3. The van der Waals surface area contributed by atoms with E-state index in [9.17, 15) is 5.11 Å². The Hall–Kier alpha value is 0.274. The van der Waals surface area contributed by atoms with Gasteiger partial charge >= 0.3 is 0 Å². The number of hydrogen-bond acceptors (Lipinski definition) is 4. The first kappa shape index (κ1) is 18.3. The minimum absolute atomic E-state index is 0.00845. The average Bonchev–Trinajstić information content (AvgIpc) is 2.13. The summed E-state index contributed by atoms with van der Waals surface area (Å²) in [5.74, 6) is 0. The van der Waals surface area contributed by atoms with E-state index in [-0.39, 0.29) is 6.61 Å². The van der Waals surface area contributed by atoms with Crippen LogP contribution in [0.15, 0.2) is 0 Å². The van der Waals surface area contributed by atoms with Crippen LogP contribution in [0.1, 0.15) is 12.8 Å². The molecule has 2 N–H and O–H groups in total. The fraction of sp³-hybridized carbons (Fsp3) is 1.00. The van der Waals surface area contributed by atoms with Crippen LogP contribution < -0.4 is 0 Å². The largest absolute Gasteiger partial charge is 0.456 e. The van der Waals surface area contributed by atoms with Crippen molar-refractivity contribution in [3.63, 3.8) is 0 Å². The molecule has 1 atom stereocenters. The Labute approximate surface area is 114 Å². The van der Waals surface area contributed by atoms with E-state index in [0.29, 0.717) is 19.6 Å². The van der Waals surface area contributed by atoms with Crippen LogP contribution >= 0.6 is 0 Å². The van der Waals surface area contributed by atoms with Crippen LogP contribution in [-0.4, -0.2) is 52.8 Å². The summed E-state index contributed by atoms with van der Waals surface area (Å²) < 4.78 is 11.6. The molecule has 0 heterocycles. The summed E-state index contributed by atoms with van der Waals surface area (Å²) in [6, 6.07) is 1.09. The van der Waals surface area contributed by atoms with Crippen molar-refractivity contribution in [1.82, 2.24) is 0 Å². The number of ether oxygens (including phenoxy) is 1. The minimum atomic E-state index is -1.55. The van der Waals surface area contributed by atoms with E-state index < -0.39 is 22.7 Å². The predicted molar refractivity (Wildman–Crippen MR) is 79.9 cm³/mol. The van der Waals surface area contributed by atoms with Crippen LogP contribution in [0.2, 0.25) is 38.8 Å². The molecule has 0 saturated heterocycles. The number of aliphatic hydroxyl groups is 2. The SMILES string of the molecule is C[Si](C)(C)O[Si](C)(C)CCCOCC(O)CCO. The van der Waals surface area contributed by atoms with Crippen molar-refractivity contribution >= 4 is 16.6 Å². The highest BCUT2D eigenvalue weighted by molar-refractivity contribution is 6.84. The van der Waals surface area contributed by atoms with Gasteiger partial charge in [0.1, 0.15) is 0 Å². The quantitative estimate of drug-likeness (QED) is 0.479. The van der Waals surface area contributed by atoms with Gasteiger partial charge in [-0.25, -0.2) is 0 Å². The van der Waals surface area contributed by atoms with E-state index >= 15 is 0 Å². The third-order valence-electron chi connectivity index (χ3n) is 2.42. The minimum Gasteiger partial charge on any atom is -0.456 e. The summed E-state index contributed by atoms with van der Waals surface area (Å²) in [5, 5.41) is 18.0. The summed E-state index contributed by atoms with van der Waals surface area (Å²) >= 11 is 0. The molecule has 1 unspecified atom stereocenters. The van der Waals surface area contributed by atoms with E-state index in [1.54, 1.807) is 0 Å². The van der Waals surface area contributed by atoms with E-state index in [1.807, 2.05) is 0 Å². The van der Waals surface area contributed by atoms with Gasteiger partial charge in [0.05, 0.1) is 12.7 Å². The maximum atomic E-state index is 9.37. The predicted octanol–water partition coefficient (Wildman–Crippen LogP) is 2.19. The van der Waals surface area contributed by atoms with Crippen LogP contribution in [0.3, 0.4) is 0 Å². The zero-order valence-corrected chi connectivity index (χ0v) is 14.5. The molecule has 0 spiro atoms. The zero-order valence-electron chi connectivity index (χ0n) is 12.5. The van der Waals surface area contributed by atoms with Crippen molar-refractivity contribution in [1.29, 1.82) is 0 Å². The zero-order chi connectivity index (χ0) is 14.2. The van der Waals surface area contributed by atoms with Gasteiger partial charge in [0.15, 0.2) is 16.6 Å². The Morgan fingerprint density at radius 2 is 1.72 bits per heavy atom. The first-order valence-electron chi connectivity index (χ1n) is 6.73. The second kappa shape index (κ2) is 8.45. The molecule has 0 aromatic heterocycles. The highest BCUT2D eigenvalue weighted by atomic mass is 28.4. The molecule has 0 aliphatic carbocycles. The molecule has 0 aliphatic heterocycles. The van der Waals surface area contributed by atoms with Gasteiger partial charge in [0, 0.05) is 13.2 Å². The third-order valence-corrected chi connectivity index (χ3v) is 8.64. The van der Waals surface area contributed by atoms with Crippen molar-refractivity contribution < 1.29 is 19.1 Å². The Morgan fingerprint density at radius 1 is 1.11 bits per heavy atom. The lowest BCUT2D eigenvalue weighted by Gasteiger charge is -2.31. The van der Waals surface area contributed by atoms with Crippen molar-refractivity contribution in [3.8, 4) is 0 Å². The number of rotatable bonds is 10. The maximum Gasteiger partial charge on any atom is 0.173 e. The summed E-state index contributed by atoms with van der Waals surface area (Å²) in [6.45, 7) is 12.2. The summed E-state index contributed by atoms with van der Waals surface area (Å²) in [7, 11) is -2.99. The first-order chi connectivity index (χ1) is 8.16. The molecule has 18 heavy (non-hydrogen) atoms. The molecule has 0 rings (SSSR count). The molecular weight excluding hydrogens is 264 g/mol. The molecule has 0 bridgehead atoms. The molecule has 0 fully saturated rings. The van der Waals surface area contributed by atoms with Crippen LogP contribution in [0, 0.1) is 0 Å². The molecule has 0 aliphatic rings. The Kier molecular flexibility index (Phi) is 8.57. The lowest BCUT2D eigenvalue weighted by molar-refractivity contribution is 0.0242. The first-order valence-corrected chi connectivity index (χ1v) is 13.3. The summed E-state index contributed by atoms with van der Waals surface area (Å²) in [4.78, 5) is 0. The Morgan fingerprint density at radius 3 is 2.22 bits per heavy atom. The molecule has 110 valence electrons. The molecule has 0 saturated carbocycles. The van der Waals surface area contributed by atoms with Crippen molar-refractivity contribution in [2.75, 3.05) is 19.8 Å². The van der Waals surface area contributed by atoms with Crippen molar-refractivity contribution in [2.45, 2.75) is 57.7 Å². The normalized spacial score (nSPS) is 14.8. The topological polar surface area (TPSA) is 58.9 Å². The van der Waals surface area contributed by atoms with E-state index in [0.717, 1.165) is 12.5 Å². The summed E-state index contributed by atoms with van der Waals surface area (Å²) in [6.07, 6.45) is 0.827. The molecule has 0 aromatic carbocycles. The number of hydrogen-bond donors (Lipinski definition) is 2. The lowest BCUT2D eigenvalue weighted by atomic mass is 10.3. The van der Waals surface area contributed by atoms with Crippen LogP contribution in [0.25, 0.3) is 0 Å². The van der Waals surface area contributed by atoms with Gasteiger partial charge in [-0.2, -0.15) is 0 Å². The van der Waals surface area contributed by atoms with Gasteiger partial charge in [0.2, 0.25) is 0 Å². The molecule has 0 radical (unpaired) electrons. The van der Waals surface area contributed by atoms with Gasteiger partial charge in [-0.15, -0.1) is 0 Å². The molecule has 0 aromatic rings. The highest BCUT2D eigenvalue weighted by Crippen LogP contribution is 2.19. The molecular formula is C12H30O4Si2. The second-order valence-corrected chi connectivity index (χ2v) is 15.4. The fourth-order valence-corrected chi connectivity index (χ4v) is 9.97. The third kappa shape index (κ3) is 11.4. The molecule has 4 nitrogen and oxygen atoms in total. The molecule has 0 amide bonds. The van der Waals surface area contributed by atoms with E-state index in [2.05, 4.69) is 32.7 Å². The van der Waals surface area contributed by atoms with Crippen molar-refractivity contribution in [2.24, 2.45) is 0 Å². The monoisotopic (exact) mass is 294 g/mol. The maximum absolute atomic E-state index is 9.37. The van der Waals surface area contributed by atoms with Gasteiger partial charge in [0.25, 0.3) is 0 Å². The highest BCUT2D eigenvalue weighted by Gasteiger charge is 2.28. The van der Waals surface area contributed by atoms with Gasteiger partial charge in [-0.3, -0.25) is 0 Å². The fourth-order valence-electron chi connectivity index (χ4n) is 1.93. The van der Waals surface area contributed by atoms with Crippen LogP contribution in [-0.2, 0) is 8.85 Å². The Balaban J connectivity index is 3.65. The lowest BCUT2D eigenvalue weighted by Crippen LogP contribution is -2.42. The van der Waals surface area contributed by atoms with Crippen LogP contribution in [0.5, 0.6) is 0 Å². The van der Waals surface area contributed by atoms with E-state index in [1.165, 1.54) is 0 Å². The number of aliphatic hydroxyl groups excluding tert-OH is 2. The van der Waals surface area contributed by atoms with Crippen LogP contribution in [0.4, 0.5) is 0 Å². The van der Waals surface area contributed by atoms with Gasteiger partial charge in [-0.05, 0) is 51.6 Å². The van der Waals surface area contributed by atoms with Gasteiger partial charge in [-0.1, -0.05) is 0 Å². The average molecular weight is 295 g/mol. The molecule has 6 heteroatoms. The smallest absolute Gasteiger partial charge is 0.173 e. The van der Waals surface area contributed by atoms with Gasteiger partial charge < -0.3 is 19.1 Å².